The summed E-state index contributed by atoms with van der Waals surface area (Å²) in [6, 6.07) is 11.9. The topological polar surface area (TPSA) is 77.2 Å². The highest BCUT2D eigenvalue weighted by Gasteiger charge is 2.28. The number of aromatic nitrogens is 1. The van der Waals surface area contributed by atoms with Gasteiger partial charge in [0.25, 0.3) is 11.8 Å². The second kappa shape index (κ2) is 10.1. The molecule has 5 rings (SSSR count). The molecule has 3 N–H and O–H groups in total. The molecule has 186 valence electrons. The number of fused-ring (bicyclic) bond motifs is 1. The van der Waals surface area contributed by atoms with Crippen molar-refractivity contribution in [2.45, 2.75) is 33.1 Å². The number of aryl methyl sites for hydroxylation is 1. The van der Waals surface area contributed by atoms with Gasteiger partial charge in [-0.25, -0.2) is 4.39 Å². The Labute approximate surface area is 210 Å². The summed E-state index contributed by atoms with van der Waals surface area (Å²) in [5.41, 5.74) is 6.23. The van der Waals surface area contributed by atoms with Crippen LogP contribution < -0.4 is 10.6 Å². The average Bonchev–Trinajstić information content (AvgIpc) is 3.34. The first-order valence-corrected chi connectivity index (χ1v) is 12.5. The number of H-pyrrole nitrogens is 1. The molecule has 3 heterocycles. The lowest BCUT2D eigenvalue weighted by molar-refractivity contribution is -0.110. The molecular weight excluding hydrogens is 455 g/mol. The number of rotatable bonds is 6. The Bertz CT molecular complexity index is 1350. The molecule has 3 aromatic rings. The van der Waals surface area contributed by atoms with Crippen LogP contribution in [0.3, 0.4) is 0 Å². The van der Waals surface area contributed by atoms with Gasteiger partial charge in [0.1, 0.15) is 5.82 Å². The molecule has 0 bridgehead atoms. The molecule has 1 aromatic heterocycles. The van der Waals surface area contributed by atoms with Crippen LogP contribution in [0.2, 0.25) is 0 Å². The van der Waals surface area contributed by atoms with Gasteiger partial charge in [0.2, 0.25) is 0 Å². The second-order valence-electron chi connectivity index (χ2n) is 9.57. The van der Waals surface area contributed by atoms with Crippen LogP contribution in [-0.2, 0) is 4.79 Å². The molecule has 2 aromatic carbocycles. The fraction of sp³-hybridized carbons (Fsp3) is 0.310. The fourth-order valence-electron chi connectivity index (χ4n) is 5.29. The van der Waals surface area contributed by atoms with Crippen LogP contribution in [0.25, 0.3) is 22.8 Å². The summed E-state index contributed by atoms with van der Waals surface area (Å²) in [7, 11) is 0. The van der Waals surface area contributed by atoms with E-state index < -0.39 is 0 Å². The number of aromatic amines is 1. The Kier molecular flexibility index (Phi) is 6.74. The number of amides is 2. The molecule has 2 amide bonds. The summed E-state index contributed by atoms with van der Waals surface area (Å²) in [4.78, 5) is 31.7. The van der Waals surface area contributed by atoms with Gasteiger partial charge >= 0.3 is 0 Å². The van der Waals surface area contributed by atoms with Gasteiger partial charge in [-0.3, -0.25) is 9.59 Å². The normalized spacial score (nSPS) is 16.8. The monoisotopic (exact) mass is 486 g/mol. The van der Waals surface area contributed by atoms with Crippen LogP contribution in [0.4, 0.5) is 10.1 Å². The van der Waals surface area contributed by atoms with Crippen LogP contribution in [0.5, 0.6) is 0 Å². The van der Waals surface area contributed by atoms with E-state index in [9.17, 15) is 14.0 Å². The summed E-state index contributed by atoms with van der Waals surface area (Å²) in [6.07, 6.45) is 5.52. The van der Waals surface area contributed by atoms with E-state index in [1.807, 2.05) is 38.1 Å². The molecule has 2 aliphatic heterocycles. The molecule has 0 atom stereocenters. The third-order valence-corrected chi connectivity index (χ3v) is 7.12. The number of carbonyl (C=O) groups is 2. The van der Waals surface area contributed by atoms with Gasteiger partial charge in [-0.05, 0) is 80.7 Å². The van der Waals surface area contributed by atoms with Gasteiger partial charge in [-0.15, -0.1) is 0 Å². The van der Waals surface area contributed by atoms with Crippen LogP contribution in [-0.4, -0.2) is 47.9 Å². The van der Waals surface area contributed by atoms with Crippen molar-refractivity contribution in [1.82, 2.24) is 15.2 Å². The maximum atomic E-state index is 14.0. The van der Waals surface area contributed by atoms with Crippen LogP contribution in [0.15, 0.2) is 42.5 Å². The smallest absolute Gasteiger partial charge is 0.256 e. The van der Waals surface area contributed by atoms with E-state index in [1.54, 1.807) is 12.1 Å². The minimum atomic E-state index is -0.334. The lowest BCUT2D eigenvalue weighted by atomic mass is 9.94. The van der Waals surface area contributed by atoms with Crippen molar-refractivity contribution in [1.29, 1.82) is 0 Å². The maximum Gasteiger partial charge on any atom is 0.256 e. The highest BCUT2D eigenvalue weighted by Crippen LogP contribution is 2.40. The first-order chi connectivity index (χ1) is 17.4. The summed E-state index contributed by atoms with van der Waals surface area (Å²) in [5.74, 6) is -0.674. The molecule has 0 saturated carbocycles. The van der Waals surface area contributed by atoms with Gasteiger partial charge in [0, 0.05) is 35.7 Å². The number of anilines is 1. The molecule has 0 aliphatic carbocycles. The molecule has 1 fully saturated rings. The van der Waals surface area contributed by atoms with E-state index in [1.165, 1.54) is 31.4 Å². The number of hydrogen-bond acceptors (Lipinski definition) is 3. The number of hydrogen-bond donors (Lipinski definition) is 3. The lowest BCUT2D eigenvalue weighted by Crippen LogP contribution is -2.37. The first kappa shape index (κ1) is 24.0. The number of piperidine rings is 1. The van der Waals surface area contributed by atoms with E-state index in [0.717, 1.165) is 42.0 Å². The van der Waals surface area contributed by atoms with Crippen molar-refractivity contribution in [2.75, 3.05) is 31.5 Å². The Morgan fingerprint density at radius 1 is 1.11 bits per heavy atom. The zero-order chi connectivity index (χ0) is 25.2. The Morgan fingerprint density at radius 3 is 2.67 bits per heavy atom. The van der Waals surface area contributed by atoms with Crippen molar-refractivity contribution in [3.05, 3.63) is 76.4 Å². The molecule has 1 saturated heterocycles. The van der Waals surface area contributed by atoms with Crippen molar-refractivity contribution < 1.29 is 14.0 Å². The lowest BCUT2D eigenvalue weighted by Gasteiger charge is -2.26. The van der Waals surface area contributed by atoms with Crippen LogP contribution in [0.1, 0.15) is 52.1 Å². The van der Waals surface area contributed by atoms with Crippen molar-refractivity contribution in [2.24, 2.45) is 0 Å². The predicted molar refractivity (Wildman–Crippen MR) is 141 cm³/mol. The van der Waals surface area contributed by atoms with E-state index >= 15 is 0 Å². The summed E-state index contributed by atoms with van der Waals surface area (Å²) < 4.78 is 14.0. The Morgan fingerprint density at radius 2 is 1.89 bits per heavy atom. The van der Waals surface area contributed by atoms with Crippen molar-refractivity contribution >= 4 is 29.2 Å². The third kappa shape index (κ3) is 4.71. The number of nitrogens with zero attached hydrogens (tertiary/aromatic N) is 1. The Hall–Kier alpha value is -3.71. The molecule has 6 nitrogen and oxygen atoms in total. The molecule has 0 unspecified atom stereocenters. The highest BCUT2D eigenvalue weighted by atomic mass is 19.1. The van der Waals surface area contributed by atoms with E-state index in [-0.39, 0.29) is 17.6 Å². The molecule has 2 aliphatic rings. The molecule has 0 spiro atoms. The SMILES string of the molecule is Cc1[nH]c(C=C2C(=O)Nc3cccc(-c4cccc(F)c4)c32)c(C)c1C(=O)NCCN1CCCCC1. The number of nitrogens with one attached hydrogen (secondary N) is 3. The number of likely N-dealkylation sites (tertiary alicyclic amines) is 1. The van der Waals surface area contributed by atoms with E-state index in [2.05, 4.69) is 20.5 Å². The molecule has 36 heavy (non-hydrogen) atoms. The first-order valence-electron chi connectivity index (χ1n) is 12.5. The van der Waals surface area contributed by atoms with Gasteiger partial charge in [0.05, 0.1) is 11.1 Å². The molecule has 0 radical (unpaired) electrons. The second-order valence-corrected chi connectivity index (χ2v) is 9.57. The molecule has 7 heteroatoms. The molecular formula is C29H31FN4O2. The largest absolute Gasteiger partial charge is 0.358 e. The van der Waals surface area contributed by atoms with Gasteiger partial charge in [-0.1, -0.05) is 30.7 Å². The fourth-order valence-corrected chi connectivity index (χ4v) is 5.29. The van der Waals surface area contributed by atoms with E-state index in [4.69, 9.17) is 0 Å². The average molecular weight is 487 g/mol. The van der Waals surface area contributed by atoms with Gasteiger partial charge in [-0.2, -0.15) is 0 Å². The summed E-state index contributed by atoms with van der Waals surface area (Å²) in [5, 5.41) is 5.98. The highest BCUT2D eigenvalue weighted by molar-refractivity contribution is 6.36. The minimum absolute atomic E-state index is 0.111. The summed E-state index contributed by atoms with van der Waals surface area (Å²) >= 11 is 0. The standard InChI is InChI=1S/C29H31FN4O2/c1-18-25(32-19(2)26(18)29(36)31-12-15-34-13-4-3-5-14-34)17-23-27-22(20-8-6-9-21(30)16-20)10-7-11-24(27)33-28(23)35/h6-11,16-17,32H,3-5,12-15H2,1-2H3,(H,31,36)(H,33,35). The van der Waals surface area contributed by atoms with Crippen molar-refractivity contribution in [3.63, 3.8) is 0 Å². The number of carbonyl (C=O) groups excluding carboxylic acids is 2. The van der Waals surface area contributed by atoms with Gasteiger partial charge in [0.15, 0.2) is 0 Å². The number of benzene rings is 2. The maximum absolute atomic E-state index is 14.0. The van der Waals surface area contributed by atoms with Gasteiger partial charge < -0.3 is 20.5 Å². The minimum Gasteiger partial charge on any atom is -0.358 e. The quantitative estimate of drug-likeness (QED) is 0.422. The third-order valence-electron chi connectivity index (χ3n) is 7.12. The predicted octanol–water partition coefficient (Wildman–Crippen LogP) is 5.15. The number of halogens is 1. The summed E-state index contributed by atoms with van der Waals surface area (Å²) in [6.45, 7) is 7.40. The van der Waals surface area contributed by atoms with Crippen molar-refractivity contribution in [3.8, 4) is 11.1 Å². The zero-order valence-electron chi connectivity index (χ0n) is 20.7. The van der Waals surface area contributed by atoms with Crippen LogP contribution >= 0.6 is 0 Å². The van der Waals surface area contributed by atoms with Crippen LogP contribution in [0, 0.1) is 19.7 Å². The zero-order valence-corrected chi connectivity index (χ0v) is 20.7. The van der Waals surface area contributed by atoms with E-state index in [0.29, 0.717) is 34.6 Å². The Balaban J connectivity index is 1.42.